The molecule has 9 heteroatoms. The van der Waals surface area contributed by atoms with Crippen LogP contribution >= 0.6 is 0 Å². The van der Waals surface area contributed by atoms with Crippen molar-refractivity contribution in [3.05, 3.63) is 88.7 Å². The molecule has 0 amide bonds. The summed E-state index contributed by atoms with van der Waals surface area (Å²) in [7, 11) is -3.97. The second kappa shape index (κ2) is 8.96. The fraction of sp³-hybridized carbons (Fsp3) is 0.261. The predicted molar refractivity (Wildman–Crippen MR) is 123 cm³/mol. The van der Waals surface area contributed by atoms with Gasteiger partial charge >= 0.3 is 0 Å². The van der Waals surface area contributed by atoms with Crippen molar-refractivity contribution in [2.45, 2.75) is 37.2 Å². The molecule has 2 aromatic carbocycles. The van der Waals surface area contributed by atoms with Crippen molar-refractivity contribution < 1.29 is 13.3 Å². The zero-order valence-corrected chi connectivity index (χ0v) is 18.5. The molecule has 3 aromatic rings. The molecule has 1 heterocycles. The zero-order valence-electron chi connectivity index (χ0n) is 17.7. The maximum absolute atomic E-state index is 13.3. The van der Waals surface area contributed by atoms with Crippen LogP contribution < -0.4 is 9.21 Å². The van der Waals surface area contributed by atoms with Crippen LogP contribution in [0.5, 0.6) is 0 Å². The maximum Gasteiger partial charge on any atom is 0.293 e. The predicted octanol–water partition coefficient (Wildman–Crippen LogP) is 4.37. The van der Waals surface area contributed by atoms with Crippen LogP contribution in [-0.4, -0.2) is 30.9 Å². The van der Waals surface area contributed by atoms with E-state index in [0.29, 0.717) is 17.9 Å². The van der Waals surface area contributed by atoms with E-state index in [0.717, 1.165) is 18.5 Å². The van der Waals surface area contributed by atoms with Crippen LogP contribution in [0.4, 0.5) is 17.1 Å². The molecule has 0 N–H and O–H groups in total. The van der Waals surface area contributed by atoms with Crippen molar-refractivity contribution >= 4 is 27.1 Å². The monoisotopic (exact) mass is 452 g/mol. The van der Waals surface area contributed by atoms with E-state index in [1.165, 1.54) is 16.4 Å². The van der Waals surface area contributed by atoms with Crippen molar-refractivity contribution in [2.75, 3.05) is 15.7 Å². The number of benzene rings is 2. The summed E-state index contributed by atoms with van der Waals surface area (Å²) in [5, 5.41) is 12.0. The van der Waals surface area contributed by atoms with Gasteiger partial charge in [-0.15, -0.1) is 0 Å². The van der Waals surface area contributed by atoms with Gasteiger partial charge in [0.1, 0.15) is 5.69 Å². The number of pyridine rings is 1. The molecule has 4 rings (SSSR count). The number of anilines is 2. The molecule has 1 aromatic heterocycles. The van der Waals surface area contributed by atoms with Crippen LogP contribution in [0.15, 0.2) is 77.8 Å². The van der Waals surface area contributed by atoms with E-state index in [1.54, 1.807) is 49.5 Å². The molecular formula is C23H24N4O4S. The molecule has 1 aliphatic rings. The second-order valence-electron chi connectivity index (χ2n) is 7.59. The van der Waals surface area contributed by atoms with Gasteiger partial charge < -0.3 is 4.90 Å². The highest BCUT2D eigenvalue weighted by atomic mass is 32.2. The molecule has 1 fully saturated rings. The van der Waals surface area contributed by atoms with Crippen LogP contribution in [-0.2, 0) is 16.6 Å². The molecule has 1 aliphatic carbocycles. The van der Waals surface area contributed by atoms with Gasteiger partial charge in [0.25, 0.3) is 15.7 Å². The van der Waals surface area contributed by atoms with Crippen molar-refractivity contribution in [1.29, 1.82) is 0 Å². The number of hydrogen-bond acceptors (Lipinski definition) is 6. The molecule has 0 aliphatic heterocycles. The first-order valence-electron chi connectivity index (χ1n) is 10.4. The molecular weight excluding hydrogens is 428 g/mol. The third kappa shape index (κ3) is 4.43. The summed E-state index contributed by atoms with van der Waals surface area (Å²) in [6, 6.07) is 18.6. The average molecular weight is 453 g/mol. The number of rotatable bonds is 9. The van der Waals surface area contributed by atoms with E-state index in [1.807, 2.05) is 23.1 Å². The Morgan fingerprint density at radius 1 is 1.06 bits per heavy atom. The van der Waals surface area contributed by atoms with Crippen LogP contribution in [0.2, 0.25) is 0 Å². The Bertz CT molecular complexity index is 1200. The van der Waals surface area contributed by atoms with Crippen LogP contribution in [0.25, 0.3) is 0 Å². The van der Waals surface area contributed by atoms with Crippen LogP contribution in [0.3, 0.4) is 0 Å². The molecule has 0 spiro atoms. The summed E-state index contributed by atoms with van der Waals surface area (Å²) in [5.74, 6) is 0. The molecule has 32 heavy (non-hydrogen) atoms. The fourth-order valence-corrected chi connectivity index (χ4v) is 5.22. The first-order chi connectivity index (χ1) is 15.4. The lowest BCUT2D eigenvalue weighted by Crippen LogP contribution is -2.31. The summed E-state index contributed by atoms with van der Waals surface area (Å²) >= 11 is 0. The Kier molecular flexibility index (Phi) is 6.09. The van der Waals surface area contributed by atoms with Gasteiger partial charge in [-0.3, -0.25) is 19.4 Å². The Morgan fingerprint density at radius 3 is 2.38 bits per heavy atom. The molecule has 0 radical (unpaired) electrons. The highest BCUT2D eigenvalue weighted by Gasteiger charge is 2.35. The van der Waals surface area contributed by atoms with E-state index in [2.05, 4.69) is 4.98 Å². The first-order valence-corrected chi connectivity index (χ1v) is 11.9. The van der Waals surface area contributed by atoms with Crippen molar-refractivity contribution in [1.82, 2.24) is 4.98 Å². The third-order valence-corrected chi connectivity index (χ3v) is 7.32. The van der Waals surface area contributed by atoms with E-state index in [4.69, 9.17) is 0 Å². The molecule has 0 atom stereocenters. The summed E-state index contributed by atoms with van der Waals surface area (Å²) in [6.07, 6.45) is 3.55. The SMILES string of the molecule is CCN(c1ccccc1)S(=O)(=O)c1ccc(N(Cc2ccccn2)C2CC2)c([N+](=O)[O-])c1. The lowest BCUT2D eigenvalue weighted by Gasteiger charge is -2.26. The molecule has 0 saturated heterocycles. The molecule has 8 nitrogen and oxygen atoms in total. The van der Waals surface area contributed by atoms with Crippen molar-refractivity contribution in [3.8, 4) is 0 Å². The number of nitro groups is 1. The topological polar surface area (TPSA) is 96.7 Å². The average Bonchev–Trinajstić information content (AvgIpc) is 3.64. The van der Waals surface area contributed by atoms with E-state index >= 15 is 0 Å². The summed E-state index contributed by atoms with van der Waals surface area (Å²) < 4.78 is 27.9. The largest absolute Gasteiger partial charge is 0.357 e. The van der Waals surface area contributed by atoms with Gasteiger partial charge in [0.15, 0.2) is 0 Å². The van der Waals surface area contributed by atoms with Gasteiger partial charge in [0, 0.05) is 24.8 Å². The quantitative estimate of drug-likeness (QED) is 0.353. The number of para-hydroxylation sites is 1. The summed E-state index contributed by atoms with van der Waals surface area (Å²) in [5.41, 5.74) is 1.49. The van der Waals surface area contributed by atoms with Gasteiger partial charge in [0.05, 0.1) is 27.7 Å². The lowest BCUT2D eigenvalue weighted by molar-refractivity contribution is -0.384. The minimum Gasteiger partial charge on any atom is -0.357 e. The zero-order chi connectivity index (χ0) is 22.7. The van der Waals surface area contributed by atoms with Gasteiger partial charge in [-0.25, -0.2) is 8.42 Å². The first kappa shape index (κ1) is 21.8. The number of hydrogen-bond donors (Lipinski definition) is 0. The van der Waals surface area contributed by atoms with E-state index < -0.39 is 14.9 Å². The number of sulfonamides is 1. The summed E-state index contributed by atoms with van der Waals surface area (Å²) in [4.78, 5) is 17.6. The lowest BCUT2D eigenvalue weighted by atomic mass is 10.2. The Labute approximate surface area is 187 Å². The highest BCUT2D eigenvalue weighted by molar-refractivity contribution is 7.92. The van der Waals surface area contributed by atoms with Crippen LogP contribution in [0, 0.1) is 10.1 Å². The summed E-state index contributed by atoms with van der Waals surface area (Å²) in [6.45, 7) is 2.36. The fourth-order valence-electron chi connectivity index (χ4n) is 3.73. The molecule has 166 valence electrons. The molecule has 0 bridgehead atoms. The molecule has 1 saturated carbocycles. The van der Waals surface area contributed by atoms with Crippen molar-refractivity contribution in [3.63, 3.8) is 0 Å². The van der Waals surface area contributed by atoms with Gasteiger partial charge in [-0.05, 0) is 56.2 Å². The standard InChI is InChI=1S/C23H24N4O4S/c1-2-26(20-9-4-3-5-10-20)32(30,31)21-13-14-22(23(16-21)27(28)29)25(19-11-12-19)17-18-8-6-7-15-24-18/h3-10,13-16,19H,2,11-12,17H2,1H3. The smallest absolute Gasteiger partial charge is 0.293 e. The van der Waals surface area contributed by atoms with E-state index in [9.17, 15) is 18.5 Å². The van der Waals surface area contributed by atoms with Gasteiger partial charge in [0.2, 0.25) is 0 Å². The molecule has 0 unspecified atom stereocenters. The Hall–Kier alpha value is -3.46. The Balaban J connectivity index is 1.73. The van der Waals surface area contributed by atoms with Gasteiger partial charge in [-0.1, -0.05) is 24.3 Å². The normalized spacial score (nSPS) is 13.5. The number of nitro benzene ring substituents is 1. The Morgan fingerprint density at radius 2 is 1.78 bits per heavy atom. The van der Waals surface area contributed by atoms with Gasteiger partial charge in [-0.2, -0.15) is 0 Å². The number of aromatic nitrogens is 1. The van der Waals surface area contributed by atoms with Crippen molar-refractivity contribution in [2.24, 2.45) is 0 Å². The minimum absolute atomic E-state index is 0.104. The second-order valence-corrected chi connectivity index (χ2v) is 9.46. The maximum atomic E-state index is 13.3. The minimum atomic E-state index is -3.97. The highest BCUT2D eigenvalue weighted by Crippen LogP contribution is 2.39. The van der Waals surface area contributed by atoms with Crippen LogP contribution in [0.1, 0.15) is 25.5 Å². The third-order valence-electron chi connectivity index (χ3n) is 5.42. The number of nitrogens with zero attached hydrogens (tertiary/aromatic N) is 4. The van der Waals surface area contributed by atoms with E-state index in [-0.39, 0.29) is 23.2 Å².